The minimum Gasteiger partial charge on any atom is -0.295 e. The smallest absolute Gasteiger partial charge is 0.216 e. The lowest BCUT2D eigenvalue weighted by molar-refractivity contribution is -0.114. The molecule has 1 aliphatic carbocycles. The van der Waals surface area contributed by atoms with Gasteiger partial charge in [0.2, 0.25) is 5.95 Å². The van der Waals surface area contributed by atoms with E-state index in [1.54, 1.807) is 6.08 Å². The van der Waals surface area contributed by atoms with E-state index in [1.807, 2.05) is 42.5 Å². The van der Waals surface area contributed by atoms with Crippen molar-refractivity contribution in [3.05, 3.63) is 107 Å². The number of H-pyrrole nitrogens is 1. The van der Waals surface area contributed by atoms with Crippen LogP contribution in [0.3, 0.4) is 0 Å². The molecule has 3 aromatic carbocycles. The molecule has 4 aromatic rings. The summed E-state index contributed by atoms with van der Waals surface area (Å²) in [7, 11) is 0. The number of fused-ring (bicyclic) bond motifs is 1. The molecular weight excluding hydrogens is 471 g/mol. The number of carbonyl (C=O) groups excluding carboxylic acids is 1. The topological polar surface area (TPSA) is 45.8 Å². The molecule has 0 atom stereocenters. The number of nitrogens with zero attached hydrogens (tertiary/aromatic N) is 1. The molecule has 5 heteroatoms. The lowest BCUT2D eigenvalue weighted by Gasteiger charge is -2.31. The van der Waals surface area contributed by atoms with Crippen LogP contribution in [0.15, 0.2) is 78.9 Å². The van der Waals surface area contributed by atoms with E-state index in [4.69, 9.17) is 11.6 Å². The van der Waals surface area contributed by atoms with Gasteiger partial charge >= 0.3 is 0 Å². The van der Waals surface area contributed by atoms with Crippen LogP contribution in [0, 0.1) is 11.9 Å². The summed E-state index contributed by atoms with van der Waals surface area (Å²) in [5, 5.41) is 7.01. The maximum absolute atomic E-state index is 14.5. The summed E-state index contributed by atoms with van der Waals surface area (Å²) in [5.41, 5.74) is 7.20. The molecule has 1 heterocycles. The van der Waals surface area contributed by atoms with Crippen LogP contribution in [0.25, 0.3) is 28.1 Å². The van der Waals surface area contributed by atoms with E-state index in [-0.39, 0.29) is 5.78 Å². The average molecular weight is 499 g/mol. The standard InChI is InChI=1S/C31H28ClFN2O/c32-19-5-10-26(36)17-13-21-11-14-24(15-12-21)30(25-16-18-28-27(20-25)31(33)35-34-28)29(23-8-4-9-23)22-6-2-1-3-7-22/h1-3,6-7,11-18,20,23H,4-5,8-10,19H2,(H,34,35)/b17-13+,30-29-. The molecule has 36 heavy (non-hydrogen) atoms. The first-order valence-electron chi connectivity index (χ1n) is 12.4. The van der Waals surface area contributed by atoms with Gasteiger partial charge < -0.3 is 0 Å². The summed E-state index contributed by atoms with van der Waals surface area (Å²) in [6, 6.07) is 24.5. The molecule has 0 unspecified atom stereocenters. The quantitative estimate of drug-likeness (QED) is 0.144. The number of alkyl halides is 1. The number of rotatable bonds is 9. The van der Waals surface area contributed by atoms with Gasteiger partial charge in [-0.15, -0.1) is 11.6 Å². The monoisotopic (exact) mass is 498 g/mol. The van der Waals surface area contributed by atoms with Crippen LogP contribution in [0.1, 0.15) is 54.4 Å². The van der Waals surface area contributed by atoms with Crippen molar-refractivity contribution in [1.82, 2.24) is 10.2 Å². The van der Waals surface area contributed by atoms with Crippen molar-refractivity contribution in [2.24, 2.45) is 5.92 Å². The van der Waals surface area contributed by atoms with E-state index in [1.165, 1.54) is 17.6 Å². The Hall–Kier alpha value is -3.50. The van der Waals surface area contributed by atoms with Gasteiger partial charge in [-0.2, -0.15) is 9.49 Å². The van der Waals surface area contributed by atoms with E-state index in [9.17, 15) is 9.18 Å². The Morgan fingerprint density at radius 1 is 1.00 bits per heavy atom. The van der Waals surface area contributed by atoms with Crippen LogP contribution in [0.2, 0.25) is 0 Å². The fourth-order valence-corrected chi connectivity index (χ4v) is 4.92. The largest absolute Gasteiger partial charge is 0.295 e. The lowest BCUT2D eigenvalue weighted by atomic mass is 9.73. The van der Waals surface area contributed by atoms with E-state index < -0.39 is 5.95 Å². The summed E-state index contributed by atoms with van der Waals surface area (Å²) in [6.45, 7) is 0. The van der Waals surface area contributed by atoms with Crippen LogP contribution < -0.4 is 0 Å². The van der Waals surface area contributed by atoms with Crippen molar-refractivity contribution in [3.63, 3.8) is 0 Å². The number of benzene rings is 3. The van der Waals surface area contributed by atoms with Crippen molar-refractivity contribution in [3.8, 4) is 0 Å². The number of aromatic amines is 1. The molecule has 0 saturated heterocycles. The molecule has 1 aromatic heterocycles. The molecule has 5 rings (SSSR count). The van der Waals surface area contributed by atoms with Gasteiger partial charge in [0.25, 0.3) is 0 Å². The highest BCUT2D eigenvalue weighted by Gasteiger charge is 2.27. The summed E-state index contributed by atoms with van der Waals surface area (Å²) in [5.74, 6) is 0.594. The average Bonchev–Trinajstić information content (AvgIpc) is 3.26. The van der Waals surface area contributed by atoms with Gasteiger partial charge in [0.05, 0.1) is 10.9 Å². The predicted molar refractivity (Wildman–Crippen MR) is 146 cm³/mol. The second kappa shape index (κ2) is 11.0. The lowest BCUT2D eigenvalue weighted by Crippen LogP contribution is -2.15. The highest BCUT2D eigenvalue weighted by atomic mass is 35.5. The third kappa shape index (κ3) is 5.19. The number of carbonyl (C=O) groups is 1. The van der Waals surface area contributed by atoms with E-state index in [0.29, 0.717) is 35.5 Å². The molecule has 0 aliphatic heterocycles. The van der Waals surface area contributed by atoms with Gasteiger partial charge in [0.1, 0.15) is 0 Å². The summed E-state index contributed by atoms with van der Waals surface area (Å²) in [4.78, 5) is 12.0. The van der Waals surface area contributed by atoms with Gasteiger partial charge in [-0.1, -0.05) is 73.2 Å². The Morgan fingerprint density at radius 2 is 1.75 bits per heavy atom. The number of halogens is 2. The first kappa shape index (κ1) is 24.2. The fourth-order valence-electron chi connectivity index (χ4n) is 4.79. The molecule has 1 N–H and O–H groups in total. The number of hydrogen-bond donors (Lipinski definition) is 1. The third-order valence-corrected chi connectivity index (χ3v) is 7.15. The molecule has 1 saturated carbocycles. The summed E-state index contributed by atoms with van der Waals surface area (Å²) in [6.07, 6.45) is 8.11. The molecule has 0 bridgehead atoms. The Labute approximate surface area is 215 Å². The number of hydrogen-bond acceptors (Lipinski definition) is 2. The first-order chi connectivity index (χ1) is 17.6. The van der Waals surface area contributed by atoms with Crippen LogP contribution in [0.4, 0.5) is 4.39 Å². The molecule has 182 valence electrons. The molecule has 0 amide bonds. The van der Waals surface area contributed by atoms with Crippen molar-refractivity contribution in [2.75, 3.05) is 5.88 Å². The van der Waals surface area contributed by atoms with E-state index in [0.717, 1.165) is 35.1 Å². The Bertz CT molecular complexity index is 1420. The van der Waals surface area contributed by atoms with Crippen LogP contribution in [-0.2, 0) is 4.79 Å². The minimum atomic E-state index is -0.421. The minimum absolute atomic E-state index is 0.0760. The third-order valence-electron chi connectivity index (χ3n) is 6.88. The zero-order chi connectivity index (χ0) is 24.9. The van der Waals surface area contributed by atoms with Gasteiger partial charge in [0.15, 0.2) is 5.78 Å². The van der Waals surface area contributed by atoms with Crippen molar-refractivity contribution in [2.45, 2.75) is 32.1 Å². The second-order valence-electron chi connectivity index (χ2n) is 9.27. The van der Waals surface area contributed by atoms with Crippen LogP contribution in [0.5, 0.6) is 0 Å². The van der Waals surface area contributed by atoms with Gasteiger partial charge in [-0.25, -0.2) is 0 Å². The predicted octanol–water partition coefficient (Wildman–Crippen LogP) is 8.06. The SMILES string of the molecule is O=C(/C=C/c1ccc(/C(=C(\c2ccccc2)C2CCC2)c2ccc3n[nH]c(F)c3c2)cc1)CCCCl. The normalized spacial score (nSPS) is 14.7. The number of allylic oxidation sites excluding steroid dienone is 2. The van der Waals surface area contributed by atoms with E-state index >= 15 is 0 Å². The molecule has 1 fully saturated rings. The number of aromatic nitrogens is 2. The van der Waals surface area contributed by atoms with Gasteiger partial charge in [-0.3, -0.25) is 9.89 Å². The molecular formula is C31H28ClFN2O. The van der Waals surface area contributed by atoms with Crippen LogP contribution in [-0.4, -0.2) is 21.9 Å². The summed E-state index contributed by atoms with van der Waals surface area (Å²) < 4.78 is 14.5. The highest BCUT2D eigenvalue weighted by molar-refractivity contribution is 6.18. The van der Waals surface area contributed by atoms with Crippen molar-refractivity contribution >= 4 is 45.5 Å². The first-order valence-corrected chi connectivity index (χ1v) is 13.0. The molecule has 3 nitrogen and oxygen atoms in total. The van der Waals surface area contributed by atoms with Gasteiger partial charge in [0, 0.05) is 12.3 Å². The van der Waals surface area contributed by atoms with Crippen molar-refractivity contribution in [1.29, 1.82) is 0 Å². The van der Waals surface area contributed by atoms with E-state index in [2.05, 4.69) is 46.6 Å². The fraction of sp³-hybridized carbons (Fsp3) is 0.226. The number of nitrogens with one attached hydrogen (secondary N) is 1. The Balaban J connectivity index is 1.61. The maximum atomic E-state index is 14.5. The second-order valence-corrected chi connectivity index (χ2v) is 9.64. The molecule has 0 radical (unpaired) electrons. The molecule has 1 aliphatic rings. The molecule has 0 spiro atoms. The van der Waals surface area contributed by atoms with Gasteiger partial charge in [-0.05, 0) is 76.8 Å². The van der Waals surface area contributed by atoms with Crippen molar-refractivity contribution < 1.29 is 9.18 Å². The highest BCUT2D eigenvalue weighted by Crippen LogP contribution is 2.45. The Morgan fingerprint density at radius 3 is 2.44 bits per heavy atom. The summed E-state index contributed by atoms with van der Waals surface area (Å²) >= 11 is 5.69. The van der Waals surface area contributed by atoms with Crippen LogP contribution >= 0.6 is 11.6 Å². The number of ketones is 1. The maximum Gasteiger partial charge on any atom is 0.216 e. The Kier molecular flexibility index (Phi) is 7.43. The zero-order valence-electron chi connectivity index (χ0n) is 20.0. The zero-order valence-corrected chi connectivity index (χ0v) is 20.8.